The van der Waals surface area contributed by atoms with Gasteiger partial charge in [0.15, 0.2) is 0 Å². The molecule has 0 nitrogen and oxygen atoms in total. The molecule has 2 aromatic carbocycles. The third-order valence-corrected chi connectivity index (χ3v) is 7.63. The molecule has 0 N–H and O–H groups in total. The first-order valence-corrected chi connectivity index (χ1v) is 11.6. The highest BCUT2D eigenvalue weighted by molar-refractivity contribution is 5.85. The number of hydrogen-bond acceptors (Lipinski definition) is 0. The number of fused-ring (bicyclic) bond motifs is 2. The normalized spacial score (nSPS) is 27.0. The maximum atomic E-state index is 15.1. The van der Waals surface area contributed by atoms with E-state index in [-0.39, 0.29) is 17.6 Å². The Labute approximate surface area is 174 Å². The van der Waals surface area contributed by atoms with Gasteiger partial charge in [-0.15, -0.1) is 6.58 Å². The van der Waals surface area contributed by atoms with Crippen molar-refractivity contribution in [3.05, 3.63) is 59.7 Å². The SMILES string of the molecule is C=CCCc1ccc2cc([C@@H]3CC[C@@H]4CC(CCC)CCC4C3)c(F)cc2c1F. The Morgan fingerprint density at radius 1 is 1.03 bits per heavy atom. The van der Waals surface area contributed by atoms with E-state index in [9.17, 15) is 4.39 Å². The molecule has 0 aliphatic heterocycles. The molecule has 156 valence electrons. The van der Waals surface area contributed by atoms with Crippen molar-refractivity contribution in [3.8, 4) is 0 Å². The van der Waals surface area contributed by atoms with Crippen molar-refractivity contribution in [1.82, 2.24) is 0 Å². The van der Waals surface area contributed by atoms with Crippen LogP contribution in [0.2, 0.25) is 0 Å². The van der Waals surface area contributed by atoms with E-state index in [1.807, 2.05) is 18.2 Å². The summed E-state index contributed by atoms with van der Waals surface area (Å²) in [7, 11) is 0. The number of hydrogen-bond donors (Lipinski definition) is 0. The van der Waals surface area contributed by atoms with Crippen molar-refractivity contribution in [2.45, 2.75) is 77.0 Å². The van der Waals surface area contributed by atoms with Gasteiger partial charge in [0.2, 0.25) is 0 Å². The lowest BCUT2D eigenvalue weighted by Crippen LogP contribution is -2.30. The van der Waals surface area contributed by atoms with Crippen LogP contribution in [-0.2, 0) is 6.42 Å². The van der Waals surface area contributed by atoms with Gasteiger partial charge >= 0.3 is 0 Å². The molecule has 2 heteroatoms. The molecule has 0 amide bonds. The Kier molecular flexibility index (Phi) is 6.37. The van der Waals surface area contributed by atoms with Crippen molar-refractivity contribution >= 4 is 10.8 Å². The zero-order valence-corrected chi connectivity index (χ0v) is 17.7. The summed E-state index contributed by atoms with van der Waals surface area (Å²) in [5.74, 6) is 2.29. The van der Waals surface area contributed by atoms with Gasteiger partial charge in [-0.3, -0.25) is 0 Å². The minimum atomic E-state index is -0.271. The topological polar surface area (TPSA) is 0 Å². The zero-order chi connectivity index (χ0) is 20.4. The van der Waals surface area contributed by atoms with E-state index in [2.05, 4.69) is 13.5 Å². The Balaban J connectivity index is 1.54. The predicted octanol–water partition coefficient (Wildman–Crippen LogP) is 8.34. The average molecular weight is 397 g/mol. The van der Waals surface area contributed by atoms with Gasteiger partial charge in [-0.2, -0.15) is 0 Å². The highest BCUT2D eigenvalue weighted by atomic mass is 19.1. The number of halogens is 2. The Hall–Kier alpha value is -1.70. The van der Waals surface area contributed by atoms with E-state index in [0.29, 0.717) is 17.4 Å². The lowest BCUT2D eigenvalue weighted by atomic mass is 9.63. The van der Waals surface area contributed by atoms with Gasteiger partial charge in [0.05, 0.1) is 0 Å². The summed E-state index contributed by atoms with van der Waals surface area (Å²) in [5.41, 5.74) is 1.46. The van der Waals surface area contributed by atoms with Crippen LogP contribution in [0.1, 0.15) is 81.8 Å². The fourth-order valence-corrected chi connectivity index (χ4v) is 6.07. The zero-order valence-electron chi connectivity index (χ0n) is 17.7. The largest absolute Gasteiger partial charge is 0.207 e. The highest BCUT2D eigenvalue weighted by Gasteiger charge is 2.36. The van der Waals surface area contributed by atoms with E-state index in [1.165, 1.54) is 44.6 Å². The van der Waals surface area contributed by atoms with Gasteiger partial charge in [-0.05, 0) is 97.3 Å². The van der Waals surface area contributed by atoms with Crippen LogP contribution in [0.15, 0.2) is 36.9 Å². The third kappa shape index (κ3) is 4.27. The molecular weight excluding hydrogens is 362 g/mol. The first kappa shape index (κ1) is 20.6. The van der Waals surface area contributed by atoms with Gasteiger partial charge in [0.25, 0.3) is 0 Å². The van der Waals surface area contributed by atoms with Gasteiger partial charge in [-0.1, -0.05) is 44.4 Å². The van der Waals surface area contributed by atoms with Gasteiger partial charge in [0, 0.05) is 5.39 Å². The molecule has 0 aromatic heterocycles. The standard InChI is InChI=1S/C27H34F2/c1-3-5-7-19-10-12-23-16-24(26(28)17-25(23)27(19)29)22-13-11-20-14-18(6-4-2)8-9-21(20)15-22/h3,10,12,16-18,20-22H,1,4-9,11,13-15H2,2H3/t18?,20-,21?,22-/m1/s1. The molecular formula is C27H34F2. The molecule has 0 heterocycles. The average Bonchev–Trinajstić information content (AvgIpc) is 2.73. The summed E-state index contributed by atoms with van der Waals surface area (Å²) < 4.78 is 29.9. The van der Waals surface area contributed by atoms with Crippen LogP contribution < -0.4 is 0 Å². The van der Waals surface area contributed by atoms with Crippen LogP contribution in [0.5, 0.6) is 0 Å². The van der Waals surface area contributed by atoms with Crippen molar-refractivity contribution in [3.63, 3.8) is 0 Å². The fraction of sp³-hybridized carbons (Fsp3) is 0.556. The first-order chi connectivity index (χ1) is 14.1. The number of rotatable bonds is 6. The maximum Gasteiger partial charge on any atom is 0.134 e. The molecule has 0 spiro atoms. The van der Waals surface area contributed by atoms with Crippen LogP contribution in [0.4, 0.5) is 8.78 Å². The molecule has 2 aliphatic rings. The quantitative estimate of drug-likeness (QED) is 0.430. The molecule has 0 radical (unpaired) electrons. The summed E-state index contributed by atoms with van der Waals surface area (Å²) in [6, 6.07) is 7.19. The lowest BCUT2D eigenvalue weighted by molar-refractivity contribution is 0.113. The number of aryl methyl sites for hydroxylation is 1. The summed E-state index contributed by atoms with van der Waals surface area (Å²) in [4.78, 5) is 0. The predicted molar refractivity (Wildman–Crippen MR) is 118 cm³/mol. The van der Waals surface area contributed by atoms with E-state index in [1.54, 1.807) is 6.08 Å². The van der Waals surface area contributed by atoms with Crippen molar-refractivity contribution in [2.24, 2.45) is 17.8 Å². The molecule has 4 atom stereocenters. The molecule has 2 fully saturated rings. The van der Waals surface area contributed by atoms with Crippen LogP contribution in [-0.4, -0.2) is 0 Å². The van der Waals surface area contributed by atoms with Crippen LogP contribution >= 0.6 is 0 Å². The fourth-order valence-electron chi connectivity index (χ4n) is 6.07. The summed E-state index contributed by atoms with van der Waals surface area (Å²) >= 11 is 0. The summed E-state index contributed by atoms with van der Waals surface area (Å²) in [6.07, 6.45) is 13.2. The second-order valence-electron chi connectivity index (χ2n) is 9.46. The Bertz CT molecular complexity index is 868. The van der Waals surface area contributed by atoms with Crippen LogP contribution in [0.3, 0.4) is 0 Å². The molecule has 2 aliphatic carbocycles. The molecule has 29 heavy (non-hydrogen) atoms. The second-order valence-corrected chi connectivity index (χ2v) is 9.46. The molecule has 2 saturated carbocycles. The van der Waals surface area contributed by atoms with Crippen molar-refractivity contribution in [1.29, 1.82) is 0 Å². The van der Waals surface area contributed by atoms with Crippen LogP contribution in [0.25, 0.3) is 10.8 Å². The number of benzene rings is 2. The minimum Gasteiger partial charge on any atom is -0.207 e. The smallest absolute Gasteiger partial charge is 0.134 e. The van der Waals surface area contributed by atoms with Gasteiger partial charge in [0.1, 0.15) is 11.6 Å². The lowest BCUT2D eigenvalue weighted by Gasteiger charge is -2.42. The summed E-state index contributed by atoms with van der Waals surface area (Å²) in [6.45, 7) is 5.99. The molecule has 4 rings (SSSR count). The Morgan fingerprint density at radius 2 is 1.83 bits per heavy atom. The molecule has 2 aromatic rings. The van der Waals surface area contributed by atoms with E-state index in [0.717, 1.165) is 48.0 Å². The Morgan fingerprint density at radius 3 is 2.62 bits per heavy atom. The molecule has 2 unspecified atom stereocenters. The second kappa shape index (κ2) is 8.98. The van der Waals surface area contributed by atoms with E-state index in [4.69, 9.17) is 0 Å². The number of allylic oxidation sites excluding steroid dienone is 1. The monoisotopic (exact) mass is 396 g/mol. The molecule has 0 saturated heterocycles. The summed E-state index contributed by atoms with van der Waals surface area (Å²) in [5, 5.41) is 1.25. The van der Waals surface area contributed by atoms with Crippen LogP contribution in [0, 0.1) is 29.4 Å². The maximum absolute atomic E-state index is 15.1. The molecule has 0 bridgehead atoms. The third-order valence-electron chi connectivity index (χ3n) is 7.63. The van der Waals surface area contributed by atoms with E-state index >= 15 is 4.39 Å². The van der Waals surface area contributed by atoms with Crippen molar-refractivity contribution < 1.29 is 8.78 Å². The van der Waals surface area contributed by atoms with E-state index < -0.39 is 0 Å². The van der Waals surface area contributed by atoms with Crippen molar-refractivity contribution in [2.75, 3.05) is 0 Å². The minimum absolute atomic E-state index is 0.222. The first-order valence-electron chi connectivity index (χ1n) is 11.6. The van der Waals surface area contributed by atoms with Gasteiger partial charge < -0.3 is 0 Å². The van der Waals surface area contributed by atoms with Gasteiger partial charge in [-0.25, -0.2) is 8.78 Å². The highest BCUT2D eigenvalue weighted by Crippen LogP contribution is 2.49.